The van der Waals surface area contributed by atoms with Gasteiger partial charge in [-0.1, -0.05) is 43.7 Å². The smallest absolute Gasteiger partial charge is 0.322 e. The summed E-state index contributed by atoms with van der Waals surface area (Å²) in [5.74, 6) is 0. The van der Waals surface area contributed by atoms with Crippen LogP contribution >= 0.6 is 0 Å². The first-order valence-corrected chi connectivity index (χ1v) is 10.4. The number of anilines is 1. The van der Waals surface area contributed by atoms with Crippen LogP contribution in [-0.2, 0) is 13.1 Å². The third-order valence-electron chi connectivity index (χ3n) is 5.19. The summed E-state index contributed by atoms with van der Waals surface area (Å²) in [4.78, 5) is 14.8. The van der Waals surface area contributed by atoms with Gasteiger partial charge in [0.1, 0.15) is 0 Å². The number of hydrogen-bond acceptors (Lipinski definition) is 2. The molecule has 2 amide bonds. The van der Waals surface area contributed by atoms with Crippen LogP contribution in [0.3, 0.4) is 0 Å². The summed E-state index contributed by atoms with van der Waals surface area (Å²) >= 11 is 0. The Kier molecular flexibility index (Phi) is 7.29. The van der Waals surface area contributed by atoms with E-state index in [1.807, 2.05) is 17.0 Å². The van der Waals surface area contributed by atoms with Gasteiger partial charge in [0.05, 0.1) is 18.2 Å². The van der Waals surface area contributed by atoms with Gasteiger partial charge in [0.25, 0.3) is 0 Å². The zero-order chi connectivity index (χ0) is 21.3. The Hall–Kier alpha value is -3.52. The molecule has 2 aromatic carbocycles. The van der Waals surface area contributed by atoms with Gasteiger partial charge in [-0.2, -0.15) is 5.26 Å². The summed E-state index contributed by atoms with van der Waals surface area (Å²) in [7, 11) is 0. The van der Waals surface area contributed by atoms with Crippen molar-refractivity contribution in [1.29, 1.82) is 5.26 Å². The number of hydrogen-bond donors (Lipinski definition) is 1. The van der Waals surface area contributed by atoms with Gasteiger partial charge in [0.2, 0.25) is 0 Å². The minimum Gasteiger partial charge on any atom is -0.345 e. The SMILES string of the molecule is CCCCN(Cc1cccn1Cc1ccccc1C)C(=O)Nc1cccc(C#N)c1. The number of nitriles is 1. The first-order valence-electron chi connectivity index (χ1n) is 10.4. The van der Waals surface area contributed by atoms with Crippen molar-refractivity contribution in [1.82, 2.24) is 9.47 Å². The summed E-state index contributed by atoms with van der Waals surface area (Å²) < 4.78 is 2.20. The van der Waals surface area contributed by atoms with E-state index in [1.165, 1.54) is 11.1 Å². The molecule has 0 unspecified atom stereocenters. The molecule has 154 valence electrons. The molecule has 0 saturated heterocycles. The van der Waals surface area contributed by atoms with Gasteiger partial charge in [-0.15, -0.1) is 0 Å². The molecule has 5 heteroatoms. The van der Waals surface area contributed by atoms with Crippen LogP contribution in [-0.4, -0.2) is 22.0 Å². The molecule has 3 aromatic rings. The molecule has 1 aromatic heterocycles. The fourth-order valence-electron chi connectivity index (χ4n) is 3.38. The molecular formula is C25H28N4O. The topological polar surface area (TPSA) is 61.1 Å². The van der Waals surface area contributed by atoms with Crippen LogP contribution in [0.1, 0.15) is 42.1 Å². The fraction of sp³-hybridized carbons (Fsp3) is 0.280. The molecule has 0 radical (unpaired) electrons. The van der Waals surface area contributed by atoms with E-state index in [0.29, 0.717) is 24.3 Å². The predicted molar refractivity (Wildman–Crippen MR) is 120 cm³/mol. The minimum atomic E-state index is -0.151. The van der Waals surface area contributed by atoms with Crippen LogP contribution in [0.25, 0.3) is 0 Å². The van der Waals surface area contributed by atoms with Gasteiger partial charge < -0.3 is 14.8 Å². The maximum atomic E-state index is 13.0. The van der Waals surface area contributed by atoms with E-state index in [9.17, 15) is 4.79 Å². The Morgan fingerprint density at radius 1 is 1.13 bits per heavy atom. The Morgan fingerprint density at radius 2 is 1.97 bits per heavy atom. The van der Waals surface area contributed by atoms with Gasteiger partial charge >= 0.3 is 6.03 Å². The van der Waals surface area contributed by atoms with Crippen molar-refractivity contribution < 1.29 is 4.79 Å². The summed E-state index contributed by atoms with van der Waals surface area (Å²) in [6.07, 6.45) is 4.01. The van der Waals surface area contributed by atoms with Crippen molar-refractivity contribution in [3.8, 4) is 6.07 Å². The van der Waals surface area contributed by atoms with E-state index in [0.717, 1.165) is 25.1 Å². The Morgan fingerprint density at radius 3 is 2.73 bits per heavy atom. The molecule has 30 heavy (non-hydrogen) atoms. The number of nitrogens with zero attached hydrogens (tertiary/aromatic N) is 3. The molecule has 3 rings (SSSR count). The Labute approximate surface area is 178 Å². The number of aromatic nitrogens is 1. The molecule has 5 nitrogen and oxygen atoms in total. The van der Waals surface area contributed by atoms with Gasteiger partial charge in [-0.25, -0.2) is 4.79 Å². The highest BCUT2D eigenvalue weighted by Crippen LogP contribution is 2.16. The van der Waals surface area contributed by atoms with E-state index >= 15 is 0 Å². The number of carbonyl (C=O) groups is 1. The van der Waals surface area contributed by atoms with Gasteiger partial charge in [0, 0.05) is 30.7 Å². The molecule has 0 atom stereocenters. The van der Waals surface area contributed by atoms with Gasteiger partial charge in [-0.05, 0) is 54.8 Å². The molecule has 1 N–H and O–H groups in total. The minimum absolute atomic E-state index is 0.151. The quantitative estimate of drug-likeness (QED) is 0.539. The van der Waals surface area contributed by atoms with Crippen molar-refractivity contribution in [3.05, 3.63) is 89.2 Å². The number of benzene rings is 2. The Balaban J connectivity index is 1.75. The van der Waals surface area contributed by atoms with Crippen LogP contribution in [0.2, 0.25) is 0 Å². The summed E-state index contributed by atoms with van der Waals surface area (Å²) in [5.41, 5.74) is 4.79. The van der Waals surface area contributed by atoms with Crippen LogP contribution < -0.4 is 5.32 Å². The number of aryl methyl sites for hydroxylation is 1. The third kappa shape index (κ3) is 5.51. The zero-order valence-corrected chi connectivity index (χ0v) is 17.6. The van der Waals surface area contributed by atoms with E-state index in [1.54, 1.807) is 24.3 Å². The van der Waals surface area contributed by atoms with Crippen LogP contribution in [0.5, 0.6) is 0 Å². The molecule has 0 fully saturated rings. The first kappa shape index (κ1) is 21.2. The number of amides is 2. The second-order valence-corrected chi connectivity index (χ2v) is 7.45. The zero-order valence-electron chi connectivity index (χ0n) is 17.6. The molecular weight excluding hydrogens is 372 g/mol. The van der Waals surface area contributed by atoms with Crippen molar-refractivity contribution in [2.45, 2.75) is 39.8 Å². The first-order chi connectivity index (χ1) is 14.6. The second-order valence-electron chi connectivity index (χ2n) is 7.45. The summed E-state index contributed by atoms with van der Waals surface area (Å²) in [5, 5.41) is 12.0. The second kappa shape index (κ2) is 10.3. The lowest BCUT2D eigenvalue weighted by Crippen LogP contribution is -2.36. The van der Waals surface area contributed by atoms with Crippen LogP contribution in [0.4, 0.5) is 10.5 Å². The van der Waals surface area contributed by atoms with E-state index < -0.39 is 0 Å². The average molecular weight is 401 g/mol. The average Bonchev–Trinajstić information content (AvgIpc) is 3.19. The largest absolute Gasteiger partial charge is 0.345 e. The van der Waals surface area contributed by atoms with Gasteiger partial charge in [0.15, 0.2) is 0 Å². The van der Waals surface area contributed by atoms with Crippen LogP contribution in [0, 0.1) is 18.3 Å². The Bertz CT molecular complexity index is 1030. The van der Waals surface area contributed by atoms with Crippen molar-refractivity contribution in [3.63, 3.8) is 0 Å². The molecule has 0 spiro atoms. The monoisotopic (exact) mass is 400 g/mol. The van der Waals surface area contributed by atoms with E-state index in [2.05, 4.69) is 60.3 Å². The number of unbranched alkanes of at least 4 members (excludes halogenated alkanes) is 1. The summed E-state index contributed by atoms with van der Waals surface area (Å²) in [6, 6.07) is 21.4. The lowest BCUT2D eigenvalue weighted by molar-refractivity contribution is 0.207. The standard InChI is InChI=1S/C25H28N4O/c1-3-4-14-29(25(30)27-23-12-7-10-21(16-23)17-26)19-24-13-8-15-28(24)18-22-11-6-5-9-20(22)2/h5-13,15-16H,3-4,14,18-19H2,1-2H3,(H,27,30). The van der Waals surface area contributed by atoms with Gasteiger partial charge in [-0.3, -0.25) is 0 Å². The maximum absolute atomic E-state index is 13.0. The molecule has 0 aliphatic carbocycles. The third-order valence-corrected chi connectivity index (χ3v) is 5.19. The molecule has 0 saturated carbocycles. The predicted octanol–water partition coefficient (Wildman–Crippen LogP) is 5.55. The van der Waals surface area contributed by atoms with Crippen molar-refractivity contribution in [2.24, 2.45) is 0 Å². The lowest BCUT2D eigenvalue weighted by atomic mass is 10.1. The van der Waals surface area contributed by atoms with Crippen LogP contribution in [0.15, 0.2) is 66.9 Å². The highest BCUT2D eigenvalue weighted by Gasteiger charge is 2.16. The number of urea groups is 1. The molecule has 1 heterocycles. The molecule has 0 bridgehead atoms. The summed E-state index contributed by atoms with van der Waals surface area (Å²) in [6.45, 7) is 6.23. The highest BCUT2D eigenvalue weighted by molar-refractivity contribution is 5.89. The highest BCUT2D eigenvalue weighted by atomic mass is 16.2. The number of rotatable bonds is 8. The maximum Gasteiger partial charge on any atom is 0.322 e. The molecule has 0 aliphatic rings. The van der Waals surface area contributed by atoms with Crippen molar-refractivity contribution >= 4 is 11.7 Å². The number of carbonyl (C=O) groups excluding carboxylic acids is 1. The normalized spacial score (nSPS) is 10.4. The van der Waals surface area contributed by atoms with E-state index in [-0.39, 0.29) is 6.03 Å². The van der Waals surface area contributed by atoms with E-state index in [4.69, 9.17) is 5.26 Å². The lowest BCUT2D eigenvalue weighted by Gasteiger charge is -2.24. The number of nitrogens with one attached hydrogen (secondary N) is 1. The molecule has 0 aliphatic heterocycles. The van der Waals surface area contributed by atoms with Crippen molar-refractivity contribution in [2.75, 3.05) is 11.9 Å². The fourth-order valence-corrected chi connectivity index (χ4v) is 3.38.